The van der Waals surface area contributed by atoms with Crippen LogP contribution in [0.15, 0.2) is 36.4 Å². The fourth-order valence-electron chi connectivity index (χ4n) is 4.03. The molecule has 32 heavy (non-hydrogen) atoms. The normalized spacial score (nSPS) is 13.1. The van der Waals surface area contributed by atoms with Crippen LogP contribution in [0.5, 0.6) is 5.75 Å². The lowest BCUT2D eigenvalue weighted by Gasteiger charge is -2.25. The highest BCUT2D eigenvalue weighted by Crippen LogP contribution is 2.39. The minimum Gasteiger partial charge on any atom is -0.496 e. The summed E-state index contributed by atoms with van der Waals surface area (Å²) in [6.45, 7) is 2.80. The molecule has 1 fully saturated rings. The second-order valence-corrected chi connectivity index (χ2v) is 8.13. The summed E-state index contributed by atoms with van der Waals surface area (Å²) in [6.07, 6.45) is 2.16. The number of rotatable bonds is 7. The van der Waals surface area contributed by atoms with Crippen LogP contribution in [0.1, 0.15) is 40.6 Å². The maximum Gasteiger partial charge on any atom is 0.271 e. The van der Waals surface area contributed by atoms with E-state index in [0.717, 1.165) is 41.6 Å². The fraction of sp³-hybridized carbons (Fsp3) is 0.333. The predicted octanol–water partition coefficient (Wildman–Crippen LogP) is 3.09. The van der Waals surface area contributed by atoms with E-state index in [0.29, 0.717) is 22.9 Å². The second kappa shape index (κ2) is 8.45. The lowest BCUT2D eigenvalue weighted by Crippen LogP contribution is -2.29. The largest absolute Gasteiger partial charge is 0.496 e. The van der Waals surface area contributed by atoms with Gasteiger partial charge in [0.1, 0.15) is 5.75 Å². The van der Waals surface area contributed by atoms with Gasteiger partial charge >= 0.3 is 0 Å². The molecule has 0 unspecified atom stereocenters. The number of nitrogens with zero attached hydrogens (tertiary/aromatic N) is 4. The second-order valence-electron chi connectivity index (χ2n) is 8.13. The number of hydrogen-bond donors (Lipinski definition) is 1. The van der Waals surface area contributed by atoms with Gasteiger partial charge in [-0.05, 0) is 55.7 Å². The molecule has 0 spiro atoms. The third-order valence-corrected chi connectivity index (χ3v) is 5.75. The number of fused-ring (bicyclic) bond motifs is 1. The van der Waals surface area contributed by atoms with Gasteiger partial charge in [0.25, 0.3) is 11.8 Å². The number of carbonyl (C=O) groups is 2. The van der Waals surface area contributed by atoms with Crippen LogP contribution in [-0.4, -0.2) is 60.7 Å². The molecule has 2 amide bonds. The molecule has 2 aromatic carbocycles. The van der Waals surface area contributed by atoms with Gasteiger partial charge in [-0.3, -0.25) is 9.59 Å². The number of hydrogen-bond acceptors (Lipinski definition) is 6. The molecule has 8 nitrogen and oxygen atoms in total. The molecule has 0 bridgehead atoms. The summed E-state index contributed by atoms with van der Waals surface area (Å²) in [7, 11) is 5.03. The van der Waals surface area contributed by atoms with Crippen LogP contribution >= 0.6 is 0 Å². The number of benzene rings is 2. The first-order valence-electron chi connectivity index (χ1n) is 10.6. The van der Waals surface area contributed by atoms with Crippen molar-refractivity contribution in [3.63, 3.8) is 0 Å². The van der Waals surface area contributed by atoms with Crippen molar-refractivity contribution in [2.24, 2.45) is 5.73 Å². The standard InChI is InChI=1S/C24H27N5O3/c1-5-29(16-8-9-16)22-17-10-6-14(13-19(17)26-27-21(22)23(25)30)18-12-15(24(31)28(2)3)7-11-20(18)32-4/h6-7,10-13,16H,5,8-9H2,1-4H3,(H2,25,30). The molecular formula is C24H27N5O3. The van der Waals surface area contributed by atoms with E-state index in [4.69, 9.17) is 10.5 Å². The molecule has 0 saturated heterocycles. The maximum atomic E-state index is 12.5. The molecule has 2 N–H and O–H groups in total. The number of anilines is 1. The van der Waals surface area contributed by atoms with Gasteiger partial charge < -0.3 is 20.3 Å². The number of aromatic nitrogens is 2. The lowest BCUT2D eigenvalue weighted by atomic mass is 9.99. The van der Waals surface area contributed by atoms with Crippen LogP contribution in [0.4, 0.5) is 5.69 Å². The Bertz CT molecular complexity index is 1200. The molecular weight excluding hydrogens is 406 g/mol. The Morgan fingerprint density at radius 1 is 1.12 bits per heavy atom. The fourth-order valence-corrected chi connectivity index (χ4v) is 4.03. The van der Waals surface area contributed by atoms with Crippen molar-refractivity contribution in [3.8, 4) is 16.9 Å². The average molecular weight is 434 g/mol. The van der Waals surface area contributed by atoms with Crippen LogP contribution in [0.2, 0.25) is 0 Å². The zero-order valence-corrected chi connectivity index (χ0v) is 18.8. The van der Waals surface area contributed by atoms with Gasteiger partial charge in [-0.1, -0.05) is 6.07 Å². The van der Waals surface area contributed by atoms with E-state index in [1.54, 1.807) is 33.3 Å². The molecule has 4 rings (SSSR count). The summed E-state index contributed by atoms with van der Waals surface area (Å²) >= 11 is 0. The Labute approximate surface area is 187 Å². The number of primary amides is 1. The van der Waals surface area contributed by atoms with Crippen molar-refractivity contribution < 1.29 is 14.3 Å². The van der Waals surface area contributed by atoms with Gasteiger partial charge in [0, 0.05) is 43.2 Å². The van der Waals surface area contributed by atoms with Crippen LogP contribution in [-0.2, 0) is 0 Å². The molecule has 3 aromatic rings. The van der Waals surface area contributed by atoms with Gasteiger partial charge in [-0.15, -0.1) is 10.2 Å². The number of ether oxygens (including phenoxy) is 1. The first-order chi connectivity index (χ1) is 15.3. The van der Waals surface area contributed by atoms with Gasteiger partial charge in [0.15, 0.2) is 5.69 Å². The summed E-state index contributed by atoms with van der Waals surface area (Å²) in [6, 6.07) is 11.5. The van der Waals surface area contributed by atoms with Crippen LogP contribution in [0, 0.1) is 0 Å². The minimum atomic E-state index is -0.589. The Balaban J connectivity index is 1.88. The van der Waals surface area contributed by atoms with Crippen molar-refractivity contribution in [2.75, 3.05) is 32.6 Å². The maximum absolute atomic E-state index is 12.5. The van der Waals surface area contributed by atoms with Crippen molar-refractivity contribution in [2.45, 2.75) is 25.8 Å². The highest BCUT2D eigenvalue weighted by molar-refractivity contribution is 6.06. The molecule has 8 heteroatoms. The summed E-state index contributed by atoms with van der Waals surface area (Å²) in [5.74, 6) is -0.0326. The SMILES string of the molecule is CCN(c1c(C(N)=O)nnc2cc(-c3cc(C(=O)N(C)C)ccc3OC)ccc12)C1CC1. The summed E-state index contributed by atoms with van der Waals surface area (Å²) in [5, 5.41) is 9.29. The predicted molar refractivity (Wildman–Crippen MR) is 124 cm³/mol. The monoisotopic (exact) mass is 433 g/mol. The summed E-state index contributed by atoms with van der Waals surface area (Å²) in [4.78, 5) is 28.3. The van der Waals surface area contributed by atoms with E-state index in [9.17, 15) is 9.59 Å². The van der Waals surface area contributed by atoms with Gasteiger partial charge in [0.2, 0.25) is 0 Å². The number of amides is 2. The van der Waals surface area contributed by atoms with Crippen LogP contribution in [0.25, 0.3) is 22.0 Å². The molecule has 0 radical (unpaired) electrons. The molecule has 166 valence electrons. The molecule has 0 atom stereocenters. The quantitative estimate of drug-likeness (QED) is 0.614. The zero-order chi connectivity index (χ0) is 23.0. The van der Waals surface area contributed by atoms with E-state index < -0.39 is 5.91 Å². The molecule has 1 saturated carbocycles. The Morgan fingerprint density at radius 3 is 2.47 bits per heavy atom. The highest BCUT2D eigenvalue weighted by atomic mass is 16.5. The van der Waals surface area contributed by atoms with Crippen molar-refractivity contribution in [1.29, 1.82) is 0 Å². The lowest BCUT2D eigenvalue weighted by molar-refractivity contribution is 0.0827. The molecule has 1 heterocycles. The van der Waals surface area contributed by atoms with E-state index in [2.05, 4.69) is 22.0 Å². The summed E-state index contributed by atoms with van der Waals surface area (Å²) < 4.78 is 5.55. The van der Waals surface area contributed by atoms with Gasteiger partial charge in [-0.2, -0.15) is 0 Å². The van der Waals surface area contributed by atoms with Crippen LogP contribution < -0.4 is 15.4 Å². The topological polar surface area (TPSA) is 102 Å². The number of nitrogens with two attached hydrogens (primary N) is 1. The van der Waals surface area contributed by atoms with Crippen LogP contribution in [0.3, 0.4) is 0 Å². The van der Waals surface area contributed by atoms with E-state index in [-0.39, 0.29) is 11.6 Å². The van der Waals surface area contributed by atoms with Crippen molar-refractivity contribution >= 4 is 28.4 Å². The van der Waals surface area contributed by atoms with Crippen molar-refractivity contribution in [3.05, 3.63) is 47.7 Å². The highest BCUT2D eigenvalue weighted by Gasteiger charge is 2.32. The third kappa shape index (κ3) is 3.84. The summed E-state index contributed by atoms with van der Waals surface area (Å²) in [5.41, 5.74) is 9.38. The first kappa shape index (κ1) is 21.5. The Morgan fingerprint density at radius 2 is 1.88 bits per heavy atom. The zero-order valence-electron chi connectivity index (χ0n) is 18.8. The van der Waals surface area contributed by atoms with Gasteiger partial charge in [-0.25, -0.2) is 0 Å². The molecule has 1 aliphatic rings. The van der Waals surface area contributed by atoms with E-state index in [1.807, 2.05) is 24.3 Å². The number of methoxy groups -OCH3 is 1. The average Bonchev–Trinajstić information content (AvgIpc) is 3.63. The third-order valence-electron chi connectivity index (χ3n) is 5.75. The molecule has 1 aromatic heterocycles. The van der Waals surface area contributed by atoms with Crippen molar-refractivity contribution in [1.82, 2.24) is 15.1 Å². The first-order valence-corrected chi connectivity index (χ1v) is 10.6. The van der Waals surface area contributed by atoms with E-state index >= 15 is 0 Å². The number of carbonyl (C=O) groups excluding carboxylic acids is 2. The Hall–Kier alpha value is -3.68. The van der Waals surface area contributed by atoms with E-state index in [1.165, 1.54) is 4.90 Å². The smallest absolute Gasteiger partial charge is 0.271 e. The molecule has 0 aliphatic heterocycles. The minimum absolute atomic E-state index is 0.0918. The molecule has 1 aliphatic carbocycles. The van der Waals surface area contributed by atoms with Gasteiger partial charge in [0.05, 0.1) is 18.3 Å². The Kier molecular flexibility index (Phi) is 5.69.